The molecule has 0 saturated heterocycles. The minimum Gasteiger partial charge on any atom is -0.353 e. The fourth-order valence-corrected chi connectivity index (χ4v) is 3.12. The molecule has 1 heterocycles. The fraction of sp³-hybridized carbons (Fsp3) is 0.333. The lowest BCUT2D eigenvalue weighted by molar-refractivity contribution is -0.137. The smallest absolute Gasteiger partial charge is 0.353 e. The van der Waals surface area contributed by atoms with Crippen LogP contribution in [-0.2, 0) is 6.18 Å². The van der Waals surface area contributed by atoms with E-state index in [0.717, 1.165) is 10.7 Å². The molecule has 2 atom stereocenters. The normalized spacial score (nSPS) is 20.8. The number of halogens is 4. The molecule has 1 aromatic carbocycles. The van der Waals surface area contributed by atoms with Gasteiger partial charge in [-0.15, -0.1) is 0 Å². The second-order valence-electron chi connectivity index (χ2n) is 4.82. The van der Waals surface area contributed by atoms with Crippen LogP contribution in [0.3, 0.4) is 0 Å². The van der Waals surface area contributed by atoms with Crippen LogP contribution in [0.1, 0.15) is 31.0 Å². The molecule has 1 aromatic rings. The van der Waals surface area contributed by atoms with Gasteiger partial charge in [-0.2, -0.15) is 13.2 Å². The third kappa shape index (κ3) is 3.08. The third-order valence-electron chi connectivity index (χ3n) is 3.42. The van der Waals surface area contributed by atoms with Crippen molar-refractivity contribution in [2.75, 3.05) is 0 Å². The van der Waals surface area contributed by atoms with E-state index in [4.69, 9.17) is 0 Å². The molecule has 108 valence electrons. The first-order valence-corrected chi connectivity index (χ1v) is 7.09. The Morgan fingerprint density at radius 3 is 2.60 bits per heavy atom. The topological polar surface area (TPSA) is 3.24 Å². The van der Waals surface area contributed by atoms with Crippen molar-refractivity contribution in [3.8, 4) is 0 Å². The highest BCUT2D eigenvalue weighted by molar-refractivity contribution is 9.11. The maximum Gasteiger partial charge on any atom is 0.416 e. The predicted octanol–water partition coefficient (Wildman–Crippen LogP) is 5.26. The summed E-state index contributed by atoms with van der Waals surface area (Å²) in [5, 5.41) is 0. The largest absolute Gasteiger partial charge is 0.416 e. The van der Waals surface area contributed by atoms with Gasteiger partial charge in [-0.25, -0.2) is 0 Å². The van der Waals surface area contributed by atoms with Crippen molar-refractivity contribution in [2.24, 2.45) is 0 Å². The maximum atomic E-state index is 12.8. The molecule has 0 N–H and O–H groups in total. The van der Waals surface area contributed by atoms with E-state index in [1.807, 2.05) is 37.0 Å². The summed E-state index contributed by atoms with van der Waals surface area (Å²) >= 11 is 3.46. The van der Waals surface area contributed by atoms with Gasteiger partial charge in [0.15, 0.2) is 0 Å². The zero-order chi connectivity index (χ0) is 14.9. The SMILES string of the molecule is CC1C=CC=C(Br)N1C(C)c1cccc(C(F)(F)F)c1. The summed E-state index contributed by atoms with van der Waals surface area (Å²) in [5.74, 6) is 0. The van der Waals surface area contributed by atoms with E-state index in [9.17, 15) is 13.2 Å². The van der Waals surface area contributed by atoms with Crippen LogP contribution < -0.4 is 0 Å². The third-order valence-corrected chi connectivity index (χ3v) is 4.10. The van der Waals surface area contributed by atoms with Gasteiger partial charge in [-0.3, -0.25) is 0 Å². The van der Waals surface area contributed by atoms with Crippen molar-refractivity contribution in [3.05, 3.63) is 58.2 Å². The number of alkyl halides is 3. The first kappa shape index (κ1) is 15.2. The zero-order valence-corrected chi connectivity index (χ0v) is 12.7. The Bertz CT molecular complexity index is 548. The summed E-state index contributed by atoms with van der Waals surface area (Å²) in [6.07, 6.45) is 1.53. The summed E-state index contributed by atoms with van der Waals surface area (Å²) in [4.78, 5) is 2.04. The summed E-state index contributed by atoms with van der Waals surface area (Å²) in [6.45, 7) is 3.91. The van der Waals surface area contributed by atoms with E-state index in [-0.39, 0.29) is 12.1 Å². The number of allylic oxidation sites excluding steroid dienone is 2. The number of nitrogens with zero attached hydrogens (tertiary/aromatic N) is 1. The van der Waals surface area contributed by atoms with E-state index < -0.39 is 11.7 Å². The molecule has 0 bridgehead atoms. The molecular formula is C15H15BrF3N. The van der Waals surface area contributed by atoms with Crippen LogP contribution in [0, 0.1) is 0 Å². The lowest BCUT2D eigenvalue weighted by Gasteiger charge is -2.37. The average Bonchev–Trinajstić information content (AvgIpc) is 2.37. The number of hydrogen-bond donors (Lipinski definition) is 0. The van der Waals surface area contributed by atoms with Crippen LogP contribution in [0.5, 0.6) is 0 Å². The lowest BCUT2D eigenvalue weighted by Crippen LogP contribution is -2.33. The Labute approximate surface area is 124 Å². The summed E-state index contributed by atoms with van der Waals surface area (Å²) in [7, 11) is 0. The van der Waals surface area contributed by atoms with Crippen molar-refractivity contribution in [3.63, 3.8) is 0 Å². The van der Waals surface area contributed by atoms with Crippen LogP contribution in [-0.4, -0.2) is 10.9 Å². The van der Waals surface area contributed by atoms with E-state index in [2.05, 4.69) is 15.9 Å². The van der Waals surface area contributed by atoms with Crippen LogP contribution in [0.2, 0.25) is 0 Å². The molecule has 0 aliphatic carbocycles. The molecule has 1 nitrogen and oxygen atoms in total. The van der Waals surface area contributed by atoms with Crippen LogP contribution in [0.25, 0.3) is 0 Å². The molecule has 0 saturated carbocycles. The van der Waals surface area contributed by atoms with Gasteiger partial charge in [-0.1, -0.05) is 24.3 Å². The summed E-state index contributed by atoms with van der Waals surface area (Å²) in [5.41, 5.74) is 0.0366. The Hall–Kier alpha value is -1.23. The Morgan fingerprint density at radius 1 is 1.30 bits per heavy atom. The second-order valence-corrected chi connectivity index (χ2v) is 5.63. The monoisotopic (exact) mass is 345 g/mol. The molecule has 0 radical (unpaired) electrons. The first-order valence-electron chi connectivity index (χ1n) is 6.30. The molecule has 2 rings (SSSR count). The van der Waals surface area contributed by atoms with Crippen molar-refractivity contribution >= 4 is 15.9 Å². The zero-order valence-electron chi connectivity index (χ0n) is 11.2. The number of hydrogen-bond acceptors (Lipinski definition) is 1. The highest BCUT2D eigenvalue weighted by atomic mass is 79.9. The highest BCUT2D eigenvalue weighted by Crippen LogP contribution is 2.35. The molecule has 5 heteroatoms. The lowest BCUT2D eigenvalue weighted by atomic mass is 10.0. The van der Waals surface area contributed by atoms with Crippen molar-refractivity contribution in [2.45, 2.75) is 32.1 Å². The minimum atomic E-state index is -4.31. The molecule has 0 spiro atoms. The van der Waals surface area contributed by atoms with Gasteiger partial charge in [0.1, 0.15) is 0 Å². The fourth-order valence-electron chi connectivity index (χ4n) is 2.34. The Balaban J connectivity index is 2.32. The molecule has 20 heavy (non-hydrogen) atoms. The summed E-state index contributed by atoms with van der Waals surface area (Å²) in [6, 6.07) is 5.47. The van der Waals surface area contributed by atoms with E-state index in [1.165, 1.54) is 12.1 Å². The minimum absolute atomic E-state index is 0.124. The van der Waals surface area contributed by atoms with Gasteiger partial charge in [0.2, 0.25) is 0 Å². The quantitative estimate of drug-likeness (QED) is 0.660. The van der Waals surface area contributed by atoms with E-state index >= 15 is 0 Å². The molecule has 2 unspecified atom stereocenters. The molecule has 0 aromatic heterocycles. The molecule has 1 aliphatic rings. The van der Waals surface area contributed by atoms with E-state index in [1.54, 1.807) is 6.07 Å². The second kappa shape index (κ2) is 5.64. The Kier molecular flexibility index (Phi) is 4.28. The molecule has 0 amide bonds. The van der Waals surface area contributed by atoms with Gasteiger partial charge in [0.05, 0.1) is 16.2 Å². The van der Waals surface area contributed by atoms with Gasteiger partial charge >= 0.3 is 6.18 Å². The predicted molar refractivity (Wildman–Crippen MR) is 77.3 cm³/mol. The summed E-state index contributed by atoms with van der Waals surface area (Å²) < 4.78 is 39.2. The number of benzene rings is 1. The highest BCUT2D eigenvalue weighted by Gasteiger charge is 2.31. The van der Waals surface area contributed by atoms with Crippen LogP contribution in [0.4, 0.5) is 13.2 Å². The molecular weight excluding hydrogens is 331 g/mol. The van der Waals surface area contributed by atoms with Gasteiger partial charge in [0.25, 0.3) is 0 Å². The van der Waals surface area contributed by atoms with E-state index in [0.29, 0.717) is 5.56 Å². The molecule has 1 aliphatic heterocycles. The molecule has 0 fully saturated rings. The standard InChI is InChI=1S/C15H15BrF3N/c1-10-5-3-8-14(16)20(10)11(2)12-6-4-7-13(9-12)15(17,18)19/h3-11H,1-2H3. The van der Waals surface area contributed by atoms with Crippen LogP contribution >= 0.6 is 15.9 Å². The van der Waals surface area contributed by atoms with Gasteiger partial charge in [-0.05, 0) is 53.5 Å². The van der Waals surface area contributed by atoms with Crippen molar-refractivity contribution in [1.82, 2.24) is 4.90 Å². The van der Waals surface area contributed by atoms with Gasteiger partial charge in [0, 0.05) is 6.04 Å². The van der Waals surface area contributed by atoms with Gasteiger partial charge < -0.3 is 4.90 Å². The maximum absolute atomic E-state index is 12.8. The van der Waals surface area contributed by atoms with Crippen LogP contribution in [0.15, 0.2) is 47.1 Å². The van der Waals surface area contributed by atoms with Crippen molar-refractivity contribution < 1.29 is 13.2 Å². The average molecular weight is 346 g/mol. The Morgan fingerprint density at radius 2 is 2.00 bits per heavy atom. The van der Waals surface area contributed by atoms with Crippen molar-refractivity contribution in [1.29, 1.82) is 0 Å². The first-order chi connectivity index (χ1) is 9.30. The number of rotatable bonds is 2.